The second-order valence-electron chi connectivity index (χ2n) is 6.47. The summed E-state index contributed by atoms with van der Waals surface area (Å²) >= 11 is 6.36. The molecule has 2 aromatic carbocycles. The SMILES string of the molecule is CCCCOc1c(Cl)cc(C(=O)N(C)Cc2ccccc2[N+](=O)[O-])cc1OCC. The lowest BCUT2D eigenvalue weighted by atomic mass is 10.1. The van der Waals surface area contributed by atoms with Crippen molar-refractivity contribution in [3.8, 4) is 11.5 Å². The third-order valence-corrected chi connectivity index (χ3v) is 4.52. The normalized spacial score (nSPS) is 10.5. The van der Waals surface area contributed by atoms with Crippen LogP contribution in [-0.2, 0) is 6.54 Å². The summed E-state index contributed by atoms with van der Waals surface area (Å²) in [6.45, 7) is 4.87. The van der Waals surface area contributed by atoms with Crippen LogP contribution in [0.2, 0.25) is 5.02 Å². The number of benzene rings is 2. The fraction of sp³-hybridized carbons (Fsp3) is 0.381. The standard InChI is InChI=1S/C21H25ClN2O5/c1-4-6-11-29-20-17(22)12-16(13-19(20)28-5-2)21(25)23(3)14-15-9-7-8-10-18(15)24(26)27/h7-10,12-13H,4-6,11,14H2,1-3H3. The van der Waals surface area contributed by atoms with Gasteiger partial charge in [-0.05, 0) is 25.5 Å². The molecule has 0 aliphatic heterocycles. The Morgan fingerprint density at radius 3 is 2.59 bits per heavy atom. The van der Waals surface area contributed by atoms with Crippen molar-refractivity contribution in [1.29, 1.82) is 0 Å². The molecule has 0 aromatic heterocycles. The molecule has 0 aliphatic rings. The van der Waals surface area contributed by atoms with E-state index in [9.17, 15) is 14.9 Å². The van der Waals surface area contributed by atoms with Gasteiger partial charge in [-0.2, -0.15) is 0 Å². The van der Waals surface area contributed by atoms with E-state index >= 15 is 0 Å². The number of hydrogen-bond donors (Lipinski definition) is 0. The van der Waals surface area contributed by atoms with Crippen LogP contribution in [0.3, 0.4) is 0 Å². The number of nitrogens with zero attached hydrogens (tertiary/aromatic N) is 2. The Hall–Kier alpha value is -2.80. The minimum Gasteiger partial charge on any atom is -0.490 e. The predicted molar refractivity (Wildman–Crippen MR) is 112 cm³/mol. The molecule has 8 heteroatoms. The fourth-order valence-corrected chi connectivity index (χ4v) is 3.05. The van der Waals surface area contributed by atoms with Crippen molar-refractivity contribution in [2.75, 3.05) is 20.3 Å². The van der Waals surface area contributed by atoms with Crippen molar-refractivity contribution < 1.29 is 19.2 Å². The van der Waals surface area contributed by atoms with E-state index in [2.05, 4.69) is 6.92 Å². The van der Waals surface area contributed by atoms with Gasteiger partial charge in [0.25, 0.3) is 11.6 Å². The summed E-state index contributed by atoms with van der Waals surface area (Å²) in [6, 6.07) is 9.46. The van der Waals surface area contributed by atoms with Crippen molar-refractivity contribution in [2.45, 2.75) is 33.2 Å². The number of nitro groups is 1. The minimum atomic E-state index is -0.458. The van der Waals surface area contributed by atoms with E-state index in [1.165, 1.54) is 17.0 Å². The molecule has 0 saturated carbocycles. The molecule has 0 N–H and O–H groups in total. The summed E-state index contributed by atoms with van der Waals surface area (Å²) < 4.78 is 11.4. The molecule has 0 unspecified atom stereocenters. The number of carbonyl (C=O) groups is 1. The third kappa shape index (κ3) is 5.84. The molecule has 2 rings (SSSR count). The van der Waals surface area contributed by atoms with Gasteiger partial charge in [0.15, 0.2) is 11.5 Å². The number of nitro benzene ring substituents is 1. The molecule has 0 saturated heterocycles. The average molecular weight is 421 g/mol. The second-order valence-corrected chi connectivity index (χ2v) is 6.87. The predicted octanol–water partition coefficient (Wildman–Crippen LogP) is 5.10. The molecule has 0 heterocycles. The Bertz CT molecular complexity index is 872. The summed E-state index contributed by atoms with van der Waals surface area (Å²) in [6.07, 6.45) is 1.86. The lowest BCUT2D eigenvalue weighted by molar-refractivity contribution is -0.385. The quantitative estimate of drug-likeness (QED) is 0.303. The molecule has 2 aromatic rings. The number of hydrogen-bond acceptors (Lipinski definition) is 5. The maximum atomic E-state index is 12.9. The van der Waals surface area contributed by atoms with Crippen LogP contribution < -0.4 is 9.47 Å². The van der Waals surface area contributed by atoms with E-state index in [0.717, 1.165) is 12.8 Å². The number of ether oxygens (including phenoxy) is 2. The van der Waals surface area contributed by atoms with Gasteiger partial charge in [-0.3, -0.25) is 14.9 Å². The molecular weight excluding hydrogens is 396 g/mol. The molecule has 7 nitrogen and oxygen atoms in total. The molecule has 0 radical (unpaired) electrons. The maximum Gasteiger partial charge on any atom is 0.274 e. The molecular formula is C21H25ClN2O5. The van der Waals surface area contributed by atoms with Gasteiger partial charge >= 0.3 is 0 Å². The molecule has 29 heavy (non-hydrogen) atoms. The van der Waals surface area contributed by atoms with Crippen LogP contribution >= 0.6 is 11.6 Å². The highest BCUT2D eigenvalue weighted by atomic mass is 35.5. The summed E-state index contributed by atoms with van der Waals surface area (Å²) in [5.41, 5.74) is 0.742. The average Bonchev–Trinajstić information content (AvgIpc) is 2.69. The first-order valence-corrected chi connectivity index (χ1v) is 9.83. The number of amides is 1. The van der Waals surface area contributed by atoms with Gasteiger partial charge < -0.3 is 14.4 Å². The van der Waals surface area contributed by atoms with Crippen molar-refractivity contribution >= 4 is 23.2 Å². The molecule has 0 aliphatic carbocycles. The first-order valence-electron chi connectivity index (χ1n) is 9.45. The van der Waals surface area contributed by atoms with Crippen LogP contribution in [0.5, 0.6) is 11.5 Å². The van der Waals surface area contributed by atoms with Gasteiger partial charge in [-0.25, -0.2) is 0 Å². The smallest absolute Gasteiger partial charge is 0.274 e. The van der Waals surface area contributed by atoms with E-state index in [4.69, 9.17) is 21.1 Å². The number of para-hydroxylation sites is 1. The van der Waals surface area contributed by atoms with Crippen molar-refractivity contribution in [2.24, 2.45) is 0 Å². The Kier molecular flexibility index (Phi) is 8.27. The van der Waals surface area contributed by atoms with Gasteiger partial charge in [0, 0.05) is 24.2 Å². The number of carbonyl (C=O) groups excluding carboxylic acids is 1. The molecule has 0 fully saturated rings. The van der Waals surface area contributed by atoms with Crippen molar-refractivity contribution in [3.05, 3.63) is 62.7 Å². The summed E-state index contributed by atoms with van der Waals surface area (Å²) in [7, 11) is 1.58. The van der Waals surface area contributed by atoms with E-state index in [0.29, 0.717) is 35.8 Å². The summed E-state index contributed by atoms with van der Waals surface area (Å²) in [5.74, 6) is 0.490. The Balaban J connectivity index is 2.26. The zero-order chi connectivity index (χ0) is 21.4. The fourth-order valence-electron chi connectivity index (χ4n) is 2.78. The van der Waals surface area contributed by atoms with Crippen molar-refractivity contribution in [3.63, 3.8) is 0 Å². The lowest BCUT2D eigenvalue weighted by Crippen LogP contribution is -2.26. The highest BCUT2D eigenvalue weighted by Gasteiger charge is 2.21. The van der Waals surface area contributed by atoms with Crippen LogP contribution in [0.15, 0.2) is 36.4 Å². The number of unbranched alkanes of at least 4 members (excludes halogenated alkanes) is 1. The third-order valence-electron chi connectivity index (χ3n) is 4.24. The van der Waals surface area contributed by atoms with E-state index in [-0.39, 0.29) is 23.2 Å². The van der Waals surface area contributed by atoms with Gasteiger partial charge in [0.05, 0.1) is 29.7 Å². The molecule has 0 atom stereocenters. The molecule has 0 bridgehead atoms. The lowest BCUT2D eigenvalue weighted by Gasteiger charge is -2.19. The Morgan fingerprint density at radius 1 is 1.21 bits per heavy atom. The second kappa shape index (κ2) is 10.7. The zero-order valence-electron chi connectivity index (χ0n) is 16.8. The highest BCUT2D eigenvalue weighted by molar-refractivity contribution is 6.32. The van der Waals surface area contributed by atoms with Gasteiger partial charge in [0.1, 0.15) is 0 Å². The first-order chi connectivity index (χ1) is 13.9. The summed E-state index contributed by atoms with van der Waals surface area (Å²) in [4.78, 5) is 25.1. The van der Waals surface area contributed by atoms with Crippen LogP contribution in [0.1, 0.15) is 42.6 Å². The van der Waals surface area contributed by atoms with Crippen LogP contribution in [0.25, 0.3) is 0 Å². The van der Waals surface area contributed by atoms with Crippen molar-refractivity contribution in [1.82, 2.24) is 4.90 Å². The molecule has 0 spiro atoms. The monoisotopic (exact) mass is 420 g/mol. The molecule has 1 amide bonds. The zero-order valence-corrected chi connectivity index (χ0v) is 17.6. The number of rotatable bonds is 10. The Morgan fingerprint density at radius 2 is 1.93 bits per heavy atom. The largest absolute Gasteiger partial charge is 0.490 e. The first kappa shape index (κ1) is 22.5. The van der Waals surface area contributed by atoms with Gasteiger partial charge in [-0.1, -0.05) is 43.1 Å². The van der Waals surface area contributed by atoms with Gasteiger partial charge in [-0.15, -0.1) is 0 Å². The van der Waals surface area contributed by atoms with E-state index < -0.39 is 4.92 Å². The van der Waals surface area contributed by atoms with Crippen LogP contribution in [0, 0.1) is 10.1 Å². The van der Waals surface area contributed by atoms with Crippen LogP contribution in [0.4, 0.5) is 5.69 Å². The number of halogens is 1. The topological polar surface area (TPSA) is 81.9 Å². The Labute approximate surface area is 175 Å². The maximum absolute atomic E-state index is 12.9. The van der Waals surface area contributed by atoms with E-state index in [1.807, 2.05) is 6.92 Å². The minimum absolute atomic E-state index is 0.0279. The van der Waals surface area contributed by atoms with E-state index in [1.54, 1.807) is 31.3 Å². The summed E-state index contributed by atoms with van der Waals surface area (Å²) in [5, 5.41) is 11.5. The van der Waals surface area contributed by atoms with Gasteiger partial charge in [0.2, 0.25) is 0 Å². The highest BCUT2D eigenvalue weighted by Crippen LogP contribution is 2.37. The van der Waals surface area contributed by atoms with Crippen LogP contribution in [-0.4, -0.2) is 36.0 Å². The molecule has 156 valence electrons.